The number of nitrogens with one attached hydrogen (secondary N) is 1. The summed E-state index contributed by atoms with van der Waals surface area (Å²) in [6.07, 6.45) is 0.896. The van der Waals surface area contributed by atoms with E-state index in [-0.39, 0.29) is 5.56 Å². The van der Waals surface area contributed by atoms with Crippen molar-refractivity contribution in [2.75, 3.05) is 13.2 Å². The molecule has 1 aliphatic heterocycles. The van der Waals surface area contributed by atoms with Crippen molar-refractivity contribution in [1.82, 2.24) is 30.1 Å². The van der Waals surface area contributed by atoms with Crippen molar-refractivity contribution in [2.24, 2.45) is 0 Å². The first-order valence-electron chi connectivity index (χ1n) is 12.6. The Labute approximate surface area is 214 Å². The maximum Gasteiger partial charge on any atom is 0.253 e. The lowest BCUT2D eigenvalue weighted by Gasteiger charge is -2.34. The molecule has 0 saturated carbocycles. The Morgan fingerprint density at radius 3 is 2.65 bits per heavy atom. The molecule has 186 valence electrons. The van der Waals surface area contributed by atoms with Crippen LogP contribution in [-0.4, -0.2) is 43.2 Å². The van der Waals surface area contributed by atoms with Crippen molar-refractivity contribution >= 4 is 10.9 Å². The molecule has 0 unspecified atom stereocenters. The normalized spacial score (nSPS) is 14.4. The molecule has 0 radical (unpaired) electrons. The molecule has 1 N–H and O–H groups in total. The minimum Gasteiger partial charge on any atom is -0.494 e. The monoisotopic (exact) mass is 492 g/mol. The summed E-state index contributed by atoms with van der Waals surface area (Å²) in [4.78, 5) is 18.9. The zero-order valence-electron chi connectivity index (χ0n) is 20.7. The number of hydrogen-bond donors (Lipinski definition) is 1. The second-order valence-electron chi connectivity index (χ2n) is 9.31. The van der Waals surface area contributed by atoms with Crippen LogP contribution in [0.25, 0.3) is 10.9 Å². The fourth-order valence-electron chi connectivity index (χ4n) is 5.17. The topological polar surface area (TPSA) is 88.9 Å². The van der Waals surface area contributed by atoms with E-state index in [1.165, 1.54) is 11.1 Å². The molecule has 0 aliphatic carbocycles. The van der Waals surface area contributed by atoms with Gasteiger partial charge in [0.1, 0.15) is 11.8 Å². The van der Waals surface area contributed by atoms with E-state index >= 15 is 0 Å². The average Bonchev–Trinajstić information content (AvgIpc) is 3.37. The van der Waals surface area contributed by atoms with Gasteiger partial charge >= 0.3 is 0 Å². The molecular formula is C29H28N6O2. The van der Waals surface area contributed by atoms with Crippen LogP contribution in [-0.2, 0) is 19.5 Å². The van der Waals surface area contributed by atoms with E-state index in [1.54, 1.807) is 4.68 Å². The lowest BCUT2D eigenvalue weighted by Crippen LogP contribution is -2.38. The van der Waals surface area contributed by atoms with Crippen LogP contribution in [0, 0.1) is 0 Å². The maximum atomic E-state index is 13.5. The minimum absolute atomic E-state index is 0.144. The molecule has 8 heteroatoms. The summed E-state index contributed by atoms with van der Waals surface area (Å²) in [6.45, 7) is 4.54. The van der Waals surface area contributed by atoms with Gasteiger partial charge in [0, 0.05) is 29.6 Å². The van der Waals surface area contributed by atoms with Gasteiger partial charge in [-0.05, 0) is 64.7 Å². The number of hydrogen-bond acceptors (Lipinski definition) is 6. The molecule has 2 aromatic heterocycles. The van der Waals surface area contributed by atoms with E-state index in [9.17, 15) is 4.79 Å². The van der Waals surface area contributed by atoms with Crippen molar-refractivity contribution in [3.8, 4) is 5.75 Å². The third-order valence-electron chi connectivity index (χ3n) is 6.95. The van der Waals surface area contributed by atoms with Crippen molar-refractivity contribution in [2.45, 2.75) is 32.5 Å². The van der Waals surface area contributed by atoms with Crippen molar-refractivity contribution < 1.29 is 4.74 Å². The summed E-state index contributed by atoms with van der Waals surface area (Å²) < 4.78 is 7.53. The van der Waals surface area contributed by atoms with Gasteiger partial charge in [0.25, 0.3) is 5.56 Å². The first-order chi connectivity index (χ1) is 18.2. The second kappa shape index (κ2) is 9.99. The van der Waals surface area contributed by atoms with Crippen molar-refractivity contribution in [3.63, 3.8) is 0 Å². The van der Waals surface area contributed by atoms with Gasteiger partial charge in [0.2, 0.25) is 0 Å². The largest absolute Gasteiger partial charge is 0.494 e. The third-order valence-corrected chi connectivity index (χ3v) is 6.95. The molecule has 0 amide bonds. The fraction of sp³-hybridized carbons (Fsp3) is 0.241. The summed E-state index contributed by atoms with van der Waals surface area (Å²) >= 11 is 0. The molecule has 3 heterocycles. The van der Waals surface area contributed by atoms with Gasteiger partial charge in [-0.2, -0.15) is 0 Å². The number of tetrazole rings is 1. The predicted molar refractivity (Wildman–Crippen MR) is 141 cm³/mol. The Morgan fingerprint density at radius 1 is 1.00 bits per heavy atom. The zero-order chi connectivity index (χ0) is 25.2. The standard InChI is InChI=1S/C29H28N6O2/c1-2-37-24-12-13-26-23(16-24)17-25(29(36)30-26)27(34-15-14-21-10-6-7-11-22(21)19-34)28-31-32-33-35(28)18-20-8-4-3-5-9-20/h3-13,16-17,27H,2,14-15,18-19H2,1H3,(H,30,36)/t27-/m0/s1. The van der Waals surface area contributed by atoms with Gasteiger partial charge in [-0.15, -0.1) is 5.10 Å². The van der Waals surface area contributed by atoms with E-state index in [4.69, 9.17) is 4.74 Å². The van der Waals surface area contributed by atoms with E-state index in [0.717, 1.165) is 35.2 Å². The van der Waals surface area contributed by atoms with Gasteiger partial charge in [-0.25, -0.2) is 4.68 Å². The van der Waals surface area contributed by atoms with Crippen LogP contribution >= 0.6 is 0 Å². The molecule has 0 saturated heterocycles. The van der Waals surface area contributed by atoms with Crippen molar-refractivity contribution in [3.05, 3.63) is 117 Å². The summed E-state index contributed by atoms with van der Waals surface area (Å²) in [6, 6.07) is 25.8. The number of ether oxygens (including phenoxy) is 1. The summed E-state index contributed by atoms with van der Waals surface area (Å²) in [5.41, 5.74) is 4.93. The van der Waals surface area contributed by atoms with Crippen LogP contribution in [0.2, 0.25) is 0 Å². The smallest absolute Gasteiger partial charge is 0.253 e. The number of aromatic amines is 1. The predicted octanol–water partition coefficient (Wildman–Crippen LogP) is 4.11. The van der Waals surface area contributed by atoms with Crippen LogP contribution < -0.4 is 10.3 Å². The van der Waals surface area contributed by atoms with E-state index < -0.39 is 6.04 Å². The summed E-state index contributed by atoms with van der Waals surface area (Å²) in [5, 5.41) is 13.7. The Morgan fingerprint density at radius 2 is 1.81 bits per heavy atom. The van der Waals surface area contributed by atoms with Gasteiger partial charge in [-0.1, -0.05) is 54.6 Å². The number of nitrogens with zero attached hydrogens (tertiary/aromatic N) is 5. The average molecular weight is 493 g/mol. The second-order valence-corrected chi connectivity index (χ2v) is 9.31. The Bertz CT molecular complexity index is 1590. The number of aromatic nitrogens is 5. The van der Waals surface area contributed by atoms with E-state index in [0.29, 0.717) is 31.1 Å². The van der Waals surface area contributed by atoms with Crippen LogP contribution in [0.3, 0.4) is 0 Å². The first kappa shape index (κ1) is 23.1. The molecule has 1 aliphatic rings. The number of benzene rings is 3. The highest BCUT2D eigenvalue weighted by Gasteiger charge is 2.32. The highest BCUT2D eigenvalue weighted by Crippen LogP contribution is 2.32. The Balaban J connectivity index is 1.48. The summed E-state index contributed by atoms with van der Waals surface area (Å²) in [5.74, 6) is 1.42. The zero-order valence-corrected chi connectivity index (χ0v) is 20.7. The third kappa shape index (κ3) is 4.63. The minimum atomic E-state index is -0.420. The highest BCUT2D eigenvalue weighted by molar-refractivity contribution is 5.80. The molecule has 3 aromatic carbocycles. The van der Waals surface area contributed by atoms with Crippen LogP contribution in [0.15, 0.2) is 83.7 Å². The lowest BCUT2D eigenvalue weighted by atomic mass is 9.96. The molecule has 8 nitrogen and oxygen atoms in total. The number of H-pyrrole nitrogens is 1. The molecule has 0 bridgehead atoms. The van der Waals surface area contributed by atoms with Gasteiger partial charge in [0.15, 0.2) is 5.82 Å². The highest BCUT2D eigenvalue weighted by atomic mass is 16.5. The molecule has 6 rings (SSSR count). The fourth-order valence-corrected chi connectivity index (χ4v) is 5.17. The Kier molecular flexibility index (Phi) is 6.24. The number of fused-ring (bicyclic) bond motifs is 2. The molecule has 0 spiro atoms. The maximum absolute atomic E-state index is 13.5. The molecule has 0 fully saturated rings. The SMILES string of the molecule is CCOc1ccc2[nH]c(=O)c([C@@H](c3nnnn3Cc3ccccc3)N3CCc4ccccc4C3)cc2c1. The van der Waals surface area contributed by atoms with Gasteiger partial charge in [0.05, 0.1) is 13.2 Å². The van der Waals surface area contributed by atoms with Crippen LogP contribution in [0.1, 0.15) is 41.0 Å². The van der Waals surface area contributed by atoms with Crippen molar-refractivity contribution in [1.29, 1.82) is 0 Å². The molecule has 5 aromatic rings. The van der Waals surface area contributed by atoms with E-state index in [2.05, 4.69) is 61.8 Å². The van der Waals surface area contributed by atoms with E-state index in [1.807, 2.05) is 49.4 Å². The Hall–Kier alpha value is -4.30. The summed E-state index contributed by atoms with van der Waals surface area (Å²) in [7, 11) is 0. The van der Waals surface area contributed by atoms with Crippen LogP contribution in [0.4, 0.5) is 0 Å². The lowest BCUT2D eigenvalue weighted by molar-refractivity contribution is 0.194. The number of rotatable bonds is 7. The number of pyridine rings is 1. The molecule has 37 heavy (non-hydrogen) atoms. The van der Waals surface area contributed by atoms with Gasteiger partial charge < -0.3 is 9.72 Å². The quantitative estimate of drug-likeness (QED) is 0.368. The van der Waals surface area contributed by atoms with Gasteiger partial charge in [-0.3, -0.25) is 9.69 Å². The molecule has 1 atom stereocenters. The first-order valence-corrected chi connectivity index (χ1v) is 12.6. The van der Waals surface area contributed by atoms with Crippen LogP contribution in [0.5, 0.6) is 5.75 Å². The molecular weight excluding hydrogens is 464 g/mol.